The fraction of sp³-hybridized carbons (Fsp3) is 0.737. The van der Waals surface area contributed by atoms with E-state index in [2.05, 4.69) is 31.7 Å². The van der Waals surface area contributed by atoms with E-state index in [9.17, 15) is 4.79 Å². The van der Waals surface area contributed by atoms with Crippen molar-refractivity contribution >= 4 is 6.29 Å². The van der Waals surface area contributed by atoms with Crippen LogP contribution < -0.4 is 0 Å². The second kappa shape index (κ2) is 7.29. The number of rotatable bonds is 6. The second-order valence-electron chi connectivity index (χ2n) is 7.15. The summed E-state index contributed by atoms with van der Waals surface area (Å²) in [6.07, 6.45) is 15.9. The Morgan fingerprint density at radius 1 is 1.19 bits per heavy atom. The molecule has 2 aliphatic rings. The Balaban J connectivity index is 2.24. The molecule has 2 atom stereocenters. The average Bonchev–Trinajstić information content (AvgIpc) is 2.69. The maximum atomic E-state index is 10.6. The number of allylic oxidation sites excluding steroid dienone is 4. The highest BCUT2D eigenvalue weighted by atomic mass is 16.1. The van der Waals surface area contributed by atoms with Crippen LogP contribution in [0.5, 0.6) is 0 Å². The Morgan fingerprint density at radius 2 is 1.95 bits per heavy atom. The molecule has 0 N–H and O–H groups in total. The summed E-state index contributed by atoms with van der Waals surface area (Å²) >= 11 is 0. The van der Waals surface area contributed by atoms with Crippen molar-refractivity contribution < 1.29 is 4.79 Å². The van der Waals surface area contributed by atoms with Crippen molar-refractivity contribution in [3.63, 3.8) is 0 Å². The van der Waals surface area contributed by atoms with E-state index in [1.54, 1.807) is 6.08 Å². The van der Waals surface area contributed by atoms with Gasteiger partial charge in [-0.2, -0.15) is 0 Å². The molecular formula is C19H31NO. The molecule has 0 aromatic heterocycles. The van der Waals surface area contributed by atoms with Gasteiger partial charge < -0.3 is 4.90 Å². The standard InChI is InChI=1S/C19H31NO/c1-4-5-9-14-20-17-12-7-6-11-16(17)19(2,3)18(20)13-8-10-15-21/h8,10,13,15-17H,4-7,9,11-12,14H2,1-3H3. The first-order valence-electron chi connectivity index (χ1n) is 8.72. The van der Waals surface area contributed by atoms with Gasteiger partial charge in [-0.1, -0.05) is 52.5 Å². The monoisotopic (exact) mass is 289 g/mol. The summed E-state index contributed by atoms with van der Waals surface area (Å²) < 4.78 is 0. The largest absolute Gasteiger partial charge is 0.371 e. The van der Waals surface area contributed by atoms with Gasteiger partial charge >= 0.3 is 0 Å². The predicted octanol–water partition coefficient (Wildman–Crippen LogP) is 4.72. The van der Waals surface area contributed by atoms with Crippen LogP contribution >= 0.6 is 0 Å². The zero-order valence-electron chi connectivity index (χ0n) is 14.0. The smallest absolute Gasteiger partial charge is 0.142 e. The summed E-state index contributed by atoms with van der Waals surface area (Å²) in [6, 6.07) is 0.724. The summed E-state index contributed by atoms with van der Waals surface area (Å²) in [4.78, 5) is 13.2. The van der Waals surface area contributed by atoms with E-state index in [4.69, 9.17) is 0 Å². The molecule has 0 aromatic rings. The molecule has 0 amide bonds. The minimum Gasteiger partial charge on any atom is -0.371 e. The Kier molecular flexibility index (Phi) is 5.66. The Morgan fingerprint density at radius 3 is 2.67 bits per heavy atom. The number of likely N-dealkylation sites (tertiary alicyclic amines) is 1. The minimum absolute atomic E-state index is 0.241. The van der Waals surface area contributed by atoms with Crippen molar-refractivity contribution in [1.29, 1.82) is 0 Å². The lowest BCUT2D eigenvalue weighted by Gasteiger charge is -2.34. The Hall–Kier alpha value is -1.05. The minimum atomic E-state index is 0.241. The van der Waals surface area contributed by atoms with Gasteiger partial charge in [0, 0.05) is 23.7 Å². The average molecular weight is 289 g/mol. The van der Waals surface area contributed by atoms with Gasteiger partial charge in [-0.25, -0.2) is 0 Å². The molecule has 2 unspecified atom stereocenters. The lowest BCUT2D eigenvalue weighted by atomic mass is 9.71. The Labute approximate surface area is 130 Å². The third kappa shape index (κ3) is 3.41. The number of carbonyl (C=O) groups is 1. The van der Waals surface area contributed by atoms with E-state index in [-0.39, 0.29) is 5.41 Å². The summed E-state index contributed by atoms with van der Waals surface area (Å²) in [5.41, 5.74) is 1.69. The number of aldehydes is 1. The van der Waals surface area contributed by atoms with Crippen molar-refractivity contribution in [2.45, 2.75) is 71.8 Å². The zero-order chi connectivity index (χ0) is 15.3. The van der Waals surface area contributed by atoms with E-state index in [0.29, 0.717) is 0 Å². The van der Waals surface area contributed by atoms with Gasteiger partial charge in [0.1, 0.15) is 6.29 Å². The van der Waals surface area contributed by atoms with Crippen LogP contribution in [0.1, 0.15) is 65.7 Å². The molecule has 21 heavy (non-hydrogen) atoms. The molecule has 1 aliphatic heterocycles. The number of carbonyl (C=O) groups excluding carboxylic acids is 1. The molecule has 2 rings (SSSR count). The van der Waals surface area contributed by atoms with Gasteiger partial charge in [-0.3, -0.25) is 4.79 Å². The third-order valence-corrected chi connectivity index (χ3v) is 5.47. The van der Waals surface area contributed by atoms with Crippen molar-refractivity contribution in [3.8, 4) is 0 Å². The maximum Gasteiger partial charge on any atom is 0.142 e. The van der Waals surface area contributed by atoms with Crippen molar-refractivity contribution in [2.75, 3.05) is 6.54 Å². The summed E-state index contributed by atoms with van der Waals surface area (Å²) in [5.74, 6) is 0.781. The van der Waals surface area contributed by atoms with Crippen LogP contribution in [-0.4, -0.2) is 23.8 Å². The number of hydrogen-bond donors (Lipinski definition) is 0. The van der Waals surface area contributed by atoms with E-state index in [1.165, 1.54) is 57.2 Å². The summed E-state index contributed by atoms with van der Waals surface area (Å²) in [7, 11) is 0. The fourth-order valence-corrected chi connectivity index (χ4v) is 4.39. The van der Waals surface area contributed by atoms with Crippen molar-refractivity contribution in [3.05, 3.63) is 23.9 Å². The summed E-state index contributed by atoms with van der Waals surface area (Å²) in [6.45, 7) is 8.24. The number of hydrogen-bond acceptors (Lipinski definition) is 2. The molecule has 2 heteroatoms. The molecule has 0 radical (unpaired) electrons. The van der Waals surface area contributed by atoms with Gasteiger partial charge in [0.05, 0.1) is 0 Å². The summed E-state index contributed by atoms with van der Waals surface area (Å²) in [5, 5.41) is 0. The number of nitrogens with zero attached hydrogens (tertiary/aromatic N) is 1. The zero-order valence-corrected chi connectivity index (χ0v) is 14.0. The van der Waals surface area contributed by atoms with E-state index in [1.807, 2.05) is 6.08 Å². The first-order chi connectivity index (χ1) is 10.1. The molecule has 118 valence electrons. The molecule has 1 heterocycles. The maximum absolute atomic E-state index is 10.6. The van der Waals surface area contributed by atoms with Gasteiger partial charge in [0.25, 0.3) is 0 Å². The van der Waals surface area contributed by atoms with Crippen molar-refractivity contribution in [1.82, 2.24) is 4.90 Å². The van der Waals surface area contributed by atoms with E-state index >= 15 is 0 Å². The third-order valence-electron chi connectivity index (χ3n) is 5.47. The lowest BCUT2D eigenvalue weighted by molar-refractivity contribution is -0.104. The number of unbranched alkanes of at least 4 members (excludes halogenated alkanes) is 2. The SMILES string of the molecule is CCCCCN1C(=CC=CC=O)C(C)(C)C2CCCCC21. The van der Waals surface area contributed by atoms with Crippen LogP contribution in [0.15, 0.2) is 23.9 Å². The van der Waals surface area contributed by atoms with Crippen LogP contribution in [-0.2, 0) is 4.79 Å². The first-order valence-corrected chi connectivity index (χ1v) is 8.72. The van der Waals surface area contributed by atoms with E-state index < -0.39 is 0 Å². The fourth-order valence-electron chi connectivity index (χ4n) is 4.39. The predicted molar refractivity (Wildman–Crippen MR) is 89.0 cm³/mol. The Bertz CT molecular complexity index is 408. The lowest BCUT2D eigenvalue weighted by Crippen LogP contribution is -2.35. The molecule has 2 nitrogen and oxygen atoms in total. The highest BCUT2D eigenvalue weighted by molar-refractivity contribution is 5.65. The molecule has 2 fully saturated rings. The van der Waals surface area contributed by atoms with Gasteiger partial charge in [-0.15, -0.1) is 0 Å². The van der Waals surface area contributed by atoms with Gasteiger partial charge in [0.2, 0.25) is 0 Å². The van der Waals surface area contributed by atoms with Crippen LogP contribution in [0.3, 0.4) is 0 Å². The molecule has 1 aliphatic carbocycles. The highest BCUT2D eigenvalue weighted by Gasteiger charge is 2.50. The first kappa shape index (κ1) is 16.3. The van der Waals surface area contributed by atoms with Gasteiger partial charge in [0.15, 0.2) is 0 Å². The topological polar surface area (TPSA) is 20.3 Å². The van der Waals surface area contributed by atoms with Crippen LogP contribution in [0, 0.1) is 11.3 Å². The normalized spacial score (nSPS) is 30.0. The van der Waals surface area contributed by atoms with Gasteiger partial charge in [-0.05, 0) is 37.3 Å². The molecule has 0 spiro atoms. The van der Waals surface area contributed by atoms with Crippen LogP contribution in [0.25, 0.3) is 0 Å². The molecule has 0 bridgehead atoms. The van der Waals surface area contributed by atoms with Crippen molar-refractivity contribution in [2.24, 2.45) is 11.3 Å². The molecule has 1 saturated carbocycles. The molecule has 1 saturated heterocycles. The van der Waals surface area contributed by atoms with E-state index in [0.717, 1.165) is 18.2 Å². The molecule has 0 aromatic carbocycles. The second-order valence-corrected chi connectivity index (χ2v) is 7.15. The molecular weight excluding hydrogens is 258 g/mol. The van der Waals surface area contributed by atoms with Crippen LogP contribution in [0.2, 0.25) is 0 Å². The quantitative estimate of drug-likeness (QED) is 0.401. The van der Waals surface area contributed by atoms with Crippen LogP contribution in [0.4, 0.5) is 0 Å². The number of fused-ring (bicyclic) bond motifs is 1. The highest BCUT2D eigenvalue weighted by Crippen LogP contribution is 2.53.